The Bertz CT molecular complexity index is 784. The number of hydrogen-bond donors (Lipinski definition) is 0. The zero-order chi connectivity index (χ0) is 16.9. The van der Waals surface area contributed by atoms with Crippen LogP contribution in [0.15, 0.2) is 59.7 Å². The van der Waals surface area contributed by atoms with E-state index >= 15 is 0 Å². The normalized spacial score (nSPS) is 13.5. The molecule has 0 unspecified atom stereocenters. The van der Waals surface area contributed by atoms with E-state index in [0.717, 1.165) is 16.8 Å². The van der Waals surface area contributed by atoms with Crippen LogP contribution in [0.4, 0.5) is 0 Å². The van der Waals surface area contributed by atoms with Crippen molar-refractivity contribution >= 4 is 17.6 Å². The number of aryl methyl sites for hydroxylation is 1. The molecule has 0 aromatic heterocycles. The second kappa shape index (κ2) is 7.08. The number of hydrogen-bond acceptors (Lipinski definition) is 4. The molecule has 2 aromatic carbocycles. The molecule has 2 aromatic rings. The van der Waals surface area contributed by atoms with Gasteiger partial charge in [0.15, 0.2) is 6.61 Å². The van der Waals surface area contributed by atoms with Crippen molar-refractivity contribution in [3.8, 4) is 0 Å². The second-order valence-electron chi connectivity index (χ2n) is 5.63. The molecule has 1 amide bonds. The molecule has 3 rings (SSSR count). The van der Waals surface area contributed by atoms with Gasteiger partial charge in [-0.05, 0) is 24.6 Å². The summed E-state index contributed by atoms with van der Waals surface area (Å²) < 4.78 is 5.10. The molecule has 0 atom stereocenters. The largest absolute Gasteiger partial charge is 0.452 e. The molecule has 122 valence electrons. The van der Waals surface area contributed by atoms with Crippen molar-refractivity contribution in [3.05, 3.63) is 71.3 Å². The van der Waals surface area contributed by atoms with Gasteiger partial charge in [0.1, 0.15) is 0 Å². The van der Waals surface area contributed by atoms with Crippen molar-refractivity contribution < 1.29 is 14.3 Å². The van der Waals surface area contributed by atoms with Crippen molar-refractivity contribution in [2.45, 2.75) is 13.3 Å². The minimum Gasteiger partial charge on any atom is -0.452 e. The predicted molar refractivity (Wildman–Crippen MR) is 90.8 cm³/mol. The van der Waals surface area contributed by atoms with Gasteiger partial charge in [0.05, 0.1) is 17.8 Å². The molecule has 5 heteroatoms. The smallest absolute Gasteiger partial charge is 0.338 e. The lowest BCUT2D eigenvalue weighted by atomic mass is 10.1. The Morgan fingerprint density at radius 2 is 1.92 bits per heavy atom. The molecular formula is C19H18N2O3. The monoisotopic (exact) mass is 322 g/mol. The molecule has 0 saturated carbocycles. The number of hydrazone groups is 1. The van der Waals surface area contributed by atoms with Gasteiger partial charge in [0.2, 0.25) is 0 Å². The van der Waals surface area contributed by atoms with Crippen molar-refractivity contribution in [1.29, 1.82) is 0 Å². The van der Waals surface area contributed by atoms with Gasteiger partial charge in [0.25, 0.3) is 5.91 Å². The van der Waals surface area contributed by atoms with E-state index in [0.29, 0.717) is 18.5 Å². The van der Waals surface area contributed by atoms with Crippen molar-refractivity contribution in [3.63, 3.8) is 0 Å². The Labute approximate surface area is 140 Å². The van der Waals surface area contributed by atoms with E-state index in [-0.39, 0.29) is 12.5 Å². The fraction of sp³-hybridized carbons (Fsp3) is 0.211. The first-order chi connectivity index (χ1) is 11.6. The summed E-state index contributed by atoms with van der Waals surface area (Å²) in [6.07, 6.45) is 0.696. The second-order valence-corrected chi connectivity index (χ2v) is 5.63. The van der Waals surface area contributed by atoms with Crippen LogP contribution >= 0.6 is 0 Å². The fourth-order valence-electron chi connectivity index (χ4n) is 2.53. The van der Waals surface area contributed by atoms with Crippen LogP contribution in [-0.4, -0.2) is 35.7 Å². The van der Waals surface area contributed by atoms with Gasteiger partial charge >= 0.3 is 5.97 Å². The summed E-state index contributed by atoms with van der Waals surface area (Å²) in [4.78, 5) is 24.1. The van der Waals surface area contributed by atoms with Crippen LogP contribution in [0.25, 0.3) is 0 Å². The number of carbonyl (C=O) groups is 2. The standard InChI is InChI=1S/C19H18N2O3/c1-14-6-5-9-16(12-14)19(23)24-13-18(22)21-11-10-17(20-21)15-7-3-2-4-8-15/h2-9,12H,10-11,13H2,1H3. The molecule has 0 radical (unpaired) electrons. The van der Waals surface area contributed by atoms with Crippen molar-refractivity contribution in [2.75, 3.05) is 13.2 Å². The molecule has 0 aliphatic carbocycles. The minimum atomic E-state index is -0.501. The maximum Gasteiger partial charge on any atom is 0.338 e. The molecule has 1 aliphatic heterocycles. The number of amides is 1. The predicted octanol–water partition coefficient (Wildman–Crippen LogP) is 2.79. The summed E-state index contributed by atoms with van der Waals surface area (Å²) in [6, 6.07) is 16.8. The molecule has 5 nitrogen and oxygen atoms in total. The Morgan fingerprint density at radius 1 is 1.12 bits per heavy atom. The van der Waals surface area contributed by atoms with E-state index in [1.807, 2.05) is 43.3 Å². The summed E-state index contributed by atoms with van der Waals surface area (Å²) in [6.45, 7) is 2.09. The first-order valence-electron chi connectivity index (χ1n) is 7.80. The quantitative estimate of drug-likeness (QED) is 0.813. The van der Waals surface area contributed by atoms with Gasteiger partial charge in [-0.3, -0.25) is 4.79 Å². The van der Waals surface area contributed by atoms with Crippen molar-refractivity contribution in [1.82, 2.24) is 5.01 Å². The summed E-state index contributed by atoms with van der Waals surface area (Å²) in [7, 11) is 0. The summed E-state index contributed by atoms with van der Waals surface area (Å²) in [5, 5.41) is 5.70. The van der Waals surface area contributed by atoms with E-state index in [9.17, 15) is 9.59 Å². The first-order valence-corrected chi connectivity index (χ1v) is 7.80. The van der Waals surface area contributed by atoms with Gasteiger partial charge in [0, 0.05) is 6.42 Å². The van der Waals surface area contributed by atoms with Gasteiger partial charge in [-0.25, -0.2) is 9.80 Å². The van der Waals surface area contributed by atoms with Crippen LogP contribution in [0.3, 0.4) is 0 Å². The highest BCUT2D eigenvalue weighted by molar-refractivity contribution is 6.02. The van der Waals surface area contributed by atoms with Gasteiger partial charge < -0.3 is 4.74 Å². The number of rotatable bonds is 4. The van der Waals surface area contributed by atoms with Crippen LogP contribution < -0.4 is 0 Å². The highest BCUT2D eigenvalue weighted by atomic mass is 16.5. The summed E-state index contributed by atoms with van der Waals surface area (Å²) in [5.74, 6) is -0.819. The van der Waals surface area contributed by atoms with E-state index in [4.69, 9.17) is 4.74 Å². The third-order valence-corrected chi connectivity index (χ3v) is 3.78. The summed E-state index contributed by atoms with van der Waals surface area (Å²) >= 11 is 0. The highest BCUT2D eigenvalue weighted by Crippen LogP contribution is 2.14. The molecule has 0 bridgehead atoms. The van der Waals surface area contributed by atoms with E-state index in [2.05, 4.69) is 5.10 Å². The molecule has 0 saturated heterocycles. The van der Waals surface area contributed by atoms with Crippen LogP contribution in [-0.2, 0) is 9.53 Å². The van der Waals surface area contributed by atoms with Crippen LogP contribution in [0.1, 0.15) is 27.9 Å². The fourth-order valence-corrected chi connectivity index (χ4v) is 2.53. The van der Waals surface area contributed by atoms with Crippen LogP contribution in [0, 0.1) is 6.92 Å². The lowest BCUT2D eigenvalue weighted by Gasteiger charge is -2.11. The molecule has 0 N–H and O–H groups in total. The van der Waals surface area contributed by atoms with E-state index in [1.54, 1.807) is 18.2 Å². The topological polar surface area (TPSA) is 59.0 Å². The average molecular weight is 322 g/mol. The summed E-state index contributed by atoms with van der Waals surface area (Å²) in [5.41, 5.74) is 3.28. The Morgan fingerprint density at radius 3 is 2.67 bits per heavy atom. The molecular weight excluding hydrogens is 304 g/mol. The Kier molecular flexibility index (Phi) is 4.70. The molecule has 1 aliphatic rings. The molecule has 0 fully saturated rings. The first kappa shape index (κ1) is 15.9. The van der Waals surface area contributed by atoms with Gasteiger partial charge in [-0.2, -0.15) is 5.10 Å². The Hall–Kier alpha value is -2.95. The minimum absolute atomic E-state index is 0.307. The number of carbonyl (C=O) groups excluding carboxylic acids is 2. The zero-order valence-corrected chi connectivity index (χ0v) is 13.4. The number of benzene rings is 2. The van der Waals surface area contributed by atoms with Crippen molar-refractivity contribution in [2.24, 2.45) is 5.10 Å². The number of nitrogens with zero attached hydrogens (tertiary/aromatic N) is 2. The molecule has 1 heterocycles. The molecule has 24 heavy (non-hydrogen) atoms. The number of esters is 1. The number of ether oxygens (including phenoxy) is 1. The van der Waals surface area contributed by atoms with Gasteiger partial charge in [-0.1, -0.05) is 48.0 Å². The van der Waals surface area contributed by atoms with E-state index in [1.165, 1.54) is 5.01 Å². The maximum absolute atomic E-state index is 12.2. The van der Waals surface area contributed by atoms with Crippen LogP contribution in [0.5, 0.6) is 0 Å². The zero-order valence-electron chi connectivity index (χ0n) is 13.4. The maximum atomic E-state index is 12.2. The molecule has 0 spiro atoms. The lowest BCUT2D eigenvalue weighted by Crippen LogP contribution is -2.28. The highest BCUT2D eigenvalue weighted by Gasteiger charge is 2.22. The van der Waals surface area contributed by atoms with Crippen LogP contribution in [0.2, 0.25) is 0 Å². The van der Waals surface area contributed by atoms with E-state index < -0.39 is 5.97 Å². The van der Waals surface area contributed by atoms with Gasteiger partial charge in [-0.15, -0.1) is 0 Å². The average Bonchev–Trinajstić information content (AvgIpc) is 3.10. The Balaban J connectivity index is 1.58. The third kappa shape index (κ3) is 3.68. The third-order valence-electron chi connectivity index (χ3n) is 3.78. The SMILES string of the molecule is Cc1cccc(C(=O)OCC(=O)N2CCC(c3ccccc3)=N2)c1. The lowest BCUT2D eigenvalue weighted by molar-refractivity contribution is -0.134.